The summed E-state index contributed by atoms with van der Waals surface area (Å²) in [6.45, 7) is 2.06. The monoisotopic (exact) mass is 290 g/mol. The van der Waals surface area contributed by atoms with Crippen LogP contribution in [0.3, 0.4) is 0 Å². The van der Waals surface area contributed by atoms with Crippen molar-refractivity contribution in [1.29, 1.82) is 0 Å². The predicted molar refractivity (Wildman–Crippen MR) is 69.8 cm³/mol. The van der Waals surface area contributed by atoms with Gasteiger partial charge in [-0.05, 0) is 35.0 Å². The van der Waals surface area contributed by atoms with Gasteiger partial charge in [-0.3, -0.25) is 4.68 Å². The third-order valence-corrected chi connectivity index (χ3v) is 3.36. The van der Waals surface area contributed by atoms with Crippen molar-refractivity contribution in [3.05, 3.63) is 40.9 Å². The number of fused-ring (bicyclic) bond motifs is 1. The number of nitrogens with zero attached hydrogens (tertiary/aromatic N) is 4. The predicted octanol–water partition coefficient (Wildman–Crippen LogP) is 2.81. The Morgan fingerprint density at radius 3 is 2.82 bits per heavy atom. The van der Waals surface area contributed by atoms with Crippen LogP contribution in [0, 0.1) is 6.92 Å². The van der Waals surface area contributed by atoms with Crippen LogP contribution in [-0.2, 0) is 7.05 Å². The van der Waals surface area contributed by atoms with E-state index in [2.05, 4.69) is 45.2 Å². The molecule has 0 spiro atoms. The van der Waals surface area contributed by atoms with E-state index >= 15 is 0 Å². The minimum Gasteiger partial charge on any atom is -0.272 e. The highest BCUT2D eigenvalue weighted by atomic mass is 79.9. The second-order valence-corrected chi connectivity index (χ2v) is 4.83. The van der Waals surface area contributed by atoms with Gasteiger partial charge in [0.1, 0.15) is 4.60 Å². The maximum atomic E-state index is 4.34. The number of pyridine rings is 1. The van der Waals surface area contributed by atoms with Gasteiger partial charge in [0.25, 0.3) is 0 Å². The van der Waals surface area contributed by atoms with Crippen molar-refractivity contribution in [1.82, 2.24) is 19.4 Å². The first kappa shape index (κ1) is 10.5. The first-order chi connectivity index (χ1) is 8.15. The lowest BCUT2D eigenvalue weighted by molar-refractivity contribution is 0.740. The van der Waals surface area contributed by atoms with Gasteiger partial charge in [0.05, 0.1) is 11.7 Å². The van der Waals surface area contributed by atoms with Crippen LogP contribution in [0.5, 0.6) is 0 Å². The van der Waals surface area contributed by atoms with Gasteiger partial charge in [0, 0.05) is 30.1 Å². The summed E-state index contributed by atoms with van der Waals surface area (Å²) in [6.07, 6.45) is 3.90. The summed E-state index contributed by atoms with van der Waals surface area (Å²) < 4.78 is 4.59. The zero-order chi connectivity index (χ0) is 12.0. The van der Waals surface area contributed by atoms with Crippen LogP contribution in [0.15, 0.2) is 35.2 Å². The van der Waals surface area contributed by atoms with E-state index in [0.717, 1.165) is 26.9 Å². The smallest absolute Gasteiger partial charge is 0.129 e. The van der Waals surface area contributed by atoms with E-state index in [1.165, 1.54) is 0 Å². The third kappa shape index (κ3) is 1.67. The summed E-state index contributed by atoms with van der Waals surface area (Å²) in [5.74, 6) is 0. The van der Waals surface area contributed by atoms with Crippen molar-refractivity contribution >= 4 is 21.4 Å². The molecule has 0 radical (unpaired) electrons. The van der Waals surface area contributed by atoms with E-state index < -0.39 is 0 Å². The first-order valence-corrected chi connectivity index (χ1v) is 6.08. The number of aryl methyl sites for hydroxylation is 1. The van der Waals surface area contributed by atoms with E-state index in [9.17, 15) is 0 Å². The lowest BCUT2D eigenvalue weighted by Gasteiger charge is -2.01. The number of hydrogen-bond donors (Lipinski definition) is 0. The van der Waals surface area contributed by atoms with Gasteiger partial charge in [-0.2, -0.15) is 10.2 Å². The molecule has 0 atom stereocenters. The molecule has 3 aromatic rings. The topological polar surface area (TPSA) is 35.1 Å². The molecule has 0 N–H and O–H groups in total. The van der Waals surface area contributed by atoms with Crippen LogP contribution < -0.4 is 0 Å². The maximum Gasteiger partial charge on any atom is 0.129 e. The number of halogens is 1. The van der Waals surface area contributed by atoms with Crippen molar-refractivity contribution < 1.29 is 0 Å². The van der Waals surface area contributed by atoms with Crippen LogP contribution >= 0.6 is 15.9 Å². The molecule has 0 bridgehead atoms. The Bertz CT molecular complexity index is 696. The molecular formula is C12H11BrN4. The second kappa shape index (κ2) is 3.70. The molecule has 0 saturated carbocycles. The van der Waals surface area contributed by atoms with Gasteiger partial charge in [0.2, 0.25) is 0 Å². The number of rotatable bonds is 1. The molecule has 86 valence electrons. The molecule has 0 amide bonds. The molecule has 0 unspecified atom stereocenters. The average molecular weight is 291 g/mol. The summed E-state index contributed by atoms with van der Waals surface area (Å²) in [4.78, 5) is 0. The van der Waals surface area contributed by atoms with E-state index in [-0.39, 0.29) is 0 Å². The van der Waals surface area contributed by atoms with Gasteiger partial charge in [0.15, 0.2) is 0 Å². The highest BCUT2D eigenvalue weighted by molar-refractivity contribution is 9.10. The second-order valence-electron chi connectivity index (χ2n) is 4.02. The lowest BCUT2D eigenvalue weighted by atomic mass is 10.1. The minimum atomic E-state index is 0.845. The van der Waals surface area contributed by atoms with Gasteiger partial charge >= 0.3 is 0 Å². The molecule has 17 heavy (non-hydrogen) atoms. The number of hydrogen-bond acceptors (Lipinski definition) is 2. The normalized spacial score (nSPS) is 11.2. The van der Waals surface area contributed by atoms with Crippen molar-refractivity contribution in [2.75, 3.05) is 0 Å². The fourth-order valence-electron chi connectivity index (χ4n) is 1.90. The Kier molecular flexibility index (Phi) is 2.29. The summed E-state index contributed by atoms with van der Waals surface area (Å²) in [5, 5.41) is 8.60. The molecule has 3 heterocycles. The fourth-order valence-corrected chi connectivity index (χ4v) is 2.30. The lowest BCUT2D eigenvalue weighted by Crippen LogP contribution is -1.93. The summed E-state index contributed by atoms with van der Waals surface area (Å²) in [7, 11) is 1.95. The summed E-state index contributed by atoms with van der Waals surface area (Å²) in [5.41, 5.74) is 4.48. The molecule has 0 saturated heterocycles. The minimum absolute atomic E-state index is 0.845. The van der Waals surface area contributed by atoms with Crippen molar-refractivity contribution in [3.63, 3.8) is 0 Å². The molecule has 0 aliphatic heterocycles. The molecular weight excluding hydrogens is 280 g/mol. The van der Waals surface area contributed by atoms with Crippen molar-refractivity contribution in [2.24, 2.45) is 7.05 Å². The van der Waals surface area contributed by atoms with Gasteiger partial charge in [-0.1, -0.05) is 6.07 Å². The van der Waals surface area contributed by atoms with Gasteiger partial charge < -0.3 is 0 Å². The Labute approximate surface area is 107 Å². The Morgan fingerprint density at radius 1 is 1.29 bits per heavy atom. The Balaban J connectivity index is 2.20. The SMILES string of the molecule is Cc1c(-c2ccc3cc(Br)nn3c2)cnn1C. The van der Waals surface area contributed by atoms with E-state index in [4.69, 9.17) is 0 Å². The molecule has 3 rings (SSSR count). The van der Waals surface area contributed by atoms with Gasteiger partial charge in [-0.15, -0.1) is 0 Å². The molecule has 0 aliphatic rings. The maximum absolute atomic E-state index is 4.34. The Hall–Kier alpha value is -1.62. The first-order valence-electron chi connectivity index (χ1n) is 5.29. The summed E-state index contributed by atoms with van der Waals surface area (Å²) >= 11 is 3.38. The molecule has 5 heteroatoms. The number of aromatic nitrogens is 4. The van der Waals surface area contributed by atoms with Gasteiger partial charge in [-0.25, -0.2) is 4.52 Å². The van der Waals surface area contributed by atoms with Crippen LogP contribution in [0.1, 0.15) is 5.69 Å². The molecule has 3 aromatic heterocycles. The summed E-state index contributed by atoms with van der Waals surface area (Å²) in [6, 6.07) is 6.13. The largest absolute Gasteiger partial charge is 0.272 e. The highest BCUT2D eigenvalue weighted by Crippen LogP contribution is 2.23. The van der Waals surface area contributed by atoms with Crippen LogP contribution in [-0.4, -0.2) is 19.4 Å². The van der Waals surface area contributed by atoms with E-state index in [0.29, 0.717) is 0 Å². The molecule has 0 aliphatic carbocycles. The molecule has 0 fully saturated rings. The standard InChI is InChI=1S/C12H11BrN4/c1-8-11(6-14-16(8)2)9-3-4-10-5-12(13)15-17(10)7-9/h3-7H,1-2H3. The Morgan fingerprint density at radius 2 is 2.12 bits per heavy atom. The third-order valence-electron chi connectivity index (χ3n) is 2.98. The van der Waals surface area contributed by atoms with Crippen molar-refractivity contribution in [3.8, 4) is 11.1 Å². The van der Waals surface area contributed by atoms with Crippen LogP contribution in [0.25, 0.3) is 16.6 Å². The van der Waals surface area contributed by atoms with Crippen molar-refractivity contribution in [2.45, 2.75) is 6.92 Å². The zero-order valence-corrected chi connectivity index (χ0v) is 11.1. The van der Waals surface area contributed by atoms with E-state index in [1.54, 1.807) is 0 Å². The quantitative estimate of drug-likeness (QED) is 0.691. The fraction of sp³-hybridized carbons (Fsp3) is 0.167. The van der Waals surface area contributed by atoms with Crippen LogP contribution in [0.4, 0.5) is 0 Å². The zero-order valence-electron chi connectivity index (χ0n) is 9.55. The molecule has 4 nitrogen and oxygen atoms in total. The van der Waals surface area contributed by atoms with Crippen LogP contribution in [0.2, 0.25) is 0 Å². The average Bonchev–Trinajstić information content (AvgIpc) is 2.81. The molecule has 0 aromatic carbocycles. The van der Waals surface area contributed by atoms with E-state index in [1.807, 2.05) is 34.7 Å². The highest BCUT2D eigenvalue weighted by Gasteiger charge is 2.07.